The summed E-state index contributed by atoms with van der Waals surface area (Å²) >= 11 is 0. The largest absolute Gasteiger partial charge is 0.491 e. The number of aliphatic hydroxyl groups excluding tert-OH is 1. The van der Waals surface area contributed by atoms with E-state index in [0.717, 1.165) is 10.9 Å². The Morgan fingerprint density at radius 1 is 1.00 bits per heavy atom. The molecule has 31 heavy (non-hydrogen) atoms. The molecule has 8 heteroatoms. The van der Waals surface area contributed by atoms with Crippen LogP contribution in [0.15, 0.2) is 83.7 Å². The van der Waals surface area contributed by atoms with Gasteiger partial charge in [-0.3, -0.25) is 14.9 Å². The molecule has 4 aromatic rings. The van der Waals surface area contributed by atoms with Crippen molar-refractivity contribution < 1.29 is 14.8 Å². The van der Waals surface area contributed by atoms with Crippen LogP contribution < -0.4 is 10.3 Å². The third-order valence-corrected chi connectivity index (χ3v) is 4.77. The molecule has 0 fully saturated rings. The van der Waals surface area contributed by atoms with Gasteiger partial charge in [0.05, 0.1) is 28.6 Å². The monoisotopic (exact) mass is 417 g/mol. The Hall–Kier alpha value is -4.04. The zero-order valence-corrected chi connectivity index (χ0v) is 16.4. The first-order chi connectivity index (χ1) is 15.0. The second-order valence-corrected chi connectivity index (χ2v) is 6.97. The highest BCUT2D eigenvalue weighted by Gasteiger charge is 2.15. The molecule has 0 radical (unpaired) electrons. The number of non-ortho nitro benzene ring substituents is 1. The molecule has 1 heterocycles. The van der Waals surface area contributed by atoms with Crippen LogP contribution in [0.1, 0.15) is 0 Å². The minimum absolute atomic E-state index is 0.0849. The number of nitro groups is 1. The minimum Gasteiger partial charge on any atom is -0.491 e. The van der Waals surface area contributed by atoms with E-state index in [1.165, 1.54) is 22.9 Å². The van der Waals surface area contributed by atoms with Gasteiger partial charge in [0.15, 0.2) is 0 Å². The number of aromatic nitrogens is 2. The minimum atomic E-state index is -1.05. The summed E-state index contributed by atoms with van der Waals surface area (Å²) in [7, 11) is 0. The summed E-state index contributed by atoms with van der Waals surface area (Å²) in [5, 5.41) is 27.1. The number of hydrogen-bond donors (Lipinski definition) is 1. The van der Waals surface area contributed by atoms with E-state index in [2.05, 4.69) is 5.10 Å². The van der Waals surface area contributed by atoms with E-state index in [1.54, 1.807) is 18.2 Å². The highest BCUT2D eigenvalue weighted by atomic mass is 16.6. The highest BCUT2D eigenvalue weighted by molar-refractivity contribution is 5.93. The lowest BCUT2D eigenvalue weighted by Crippen LogP contribution is -2.32. The first-order valence-electron chi connectivity index (χ1n) is 9.63. The van der Waals surface area contributed by atoms with Crippen LogP contribution in [0.4, 0.5) is 5.69 Å². The zero-order chi connectivity index (χ0) is 21.8. The van der Waals surface area contributed by atoms with Crippen LogP contribution in [0.25, 0.3) is 22.0 Å². The molecule has 1 atom stereocenters. The Kier molecular flexibility index (Phi) is 5.72. The van der Waals surface area contributed by atoms with Gasteiger partial charge >= 0.3 is 0 Å². The average Bonchev–Trinajstić information content (AvgIpc) is 2.80. The van der Waals surface area contributed by atoms with Gasteiger partial charge in [-0.2, -0.15) is 5.10 Å². The normalized spacial score (nSPS) is 11.9. The second-order valence-electron chi connectivity index (χ2n) is 6.97. The molecule has 1 aromatic heterocycles. The standard InChI is InChI=1S/C23H19N3O5/c27-18(15-31-19-10-6-9-17(13-19)26(29)30)14-25-23(28)21-12-5-4-11-20(21)22(24-25)16-7-2-1-3-8-16/h1-13,18,27H,14-15H2. The fraction of sp³-hybridized carbons (Fsp3) is 0.130. The predicted molar refractivity (Wildman–Crippen MR) is 116 cm³/mol. The highest BCUT2D eigenvalue weighted by Crippen LogP contribution is 2.24. The number of nitrogens with zero attached hydrogens (tertiary/aromatic N) is 3. The lowest BCUT2D eigenvalue weighted by molar-refractivity contribution is -0.384. The molecular weight excluding hydrogens is 398 g/mol. The molecule has 0 aliphatic rings. The van der Waals surface area contributed by atoms with Crippen molar-refractivity contribution in [2.75, 3.05) is 6.61 Å². The topological polar surface area (TPSA) is 107 Å². The van der Waals surface area contributed by atoms with Gasteiger partial charge in [-0.15, -0.1) is 0 Å². The van der Waals surface area contributed by atoms with Crippen molar-refractivity contribution in [3.63, 3.8) is 0 Å². The third kappa shape index (κ3) is 4.44. The Bertz CT molecular complexity index is 1290. The van der Waals surface area contributed by atoms with E-state index in [4.69, 9.17) is 4.74 Å². The molecular formula is C23H19N3O5. The maximum absolute atomic E-state index is 12.9. The fourth-order valence-corrected chi connectivity index (χ4v) is 3.30. The van der Waals surface area contributed by atoms with Gasteiger partial charge in [-0.05, 0) is 12.1 Å². The molecule has 3 aromatic carbocycles. The van der Waals surface area contributed by atoms with Crippen LogP contribution in [-0.2, 0) is 6.54 Å². The van der Waals surface area contributed by atoms with Crippen LogP contribution in [0.2, 0.25) is 0 Å². The van der Waals surface area contributed by atoms with E-state index in [0.29, 0.717) is 11.1 Å². The maximum atomic E-state index is 12.9. The molecule has 0 saturated heterocycles. The number of ether oxygens (including phenoxy) is 1. The second kappa shape index (κ2) is 8.76. The predicted octanol–water partition coefficient (Wildman–Crippen LogP) is 3.41. The maximum Gasteiger partial charge on any atom is 0.274 e. The summed E-state index contributed by atoms with van der Waals surface area (Å²) in [6.45, 7) is -0.235. The summed E-state index contributed by atoms with van der Waals surface area (Å²) in [6.07, 6.45) is -1.05. The summed E-state index contributed by atoms with van der Waals surface area (Å²) in [6, 6.07) is 22.4. The third-order valence-electron chi connectivity index (χ3n) is 4.77. The van der Waals surface area contributed by atoms with E-state index >= 15 is 0 Å². The number of aliphatic hydroxyl groups is 1. The van der Waals surface area contributed by atoms with Crippen molar-refractivity contribution in [1.29, 1.82) is 0 Å². The van der Waals surface area contributed by atoms with Crippen molar-refractivity contribution in [3.8, 4) is 17.0 Å². The quantitative estimate of drug-likeness (QED) is 0.365. The molecule has 0 bridgehead atoms. The van der Waals surface area contributed by atoms with Gasteiger partial charge in [-0.25, -0.2) is 4.68 Å². The van der Waals surface area contributed by atoms with Gasteiger partial charge in [-0.1, -0.05) is 54.6 Å². The smallest absolute Gasteiger partial charge is 0.274 e. The first kappa shape index (κ1) is 20.2. The summed E-state index contributed by atoms with van der Waals surface area (Å²) in [5.41, 5.74) is 1.08. The van der Waals surface area contributed by atoms with E-state index in [9.17, 15) is 20.0 Å². The Labute approximate surface area is 177 Å². The van der Waals surface area contributed by atoms with Gasteiger partial charge in [0.1, 0.15) is 18.5 Å². The molecule has 0 aliphatic carbocycles. The molecule has 1 unspecified atom stereocenters. The molecule has 0 amide bonds. The summed E-state index contributed by atoms with van der Waals surface area (Å²) in [4.78, 5) is 23.3. The van der Waals surface area contributed by atoms with E-state index < -0.39 is 11.0 Å². The van der Waals surface area contributed by atoms with Crippen molar-refractivity contribution >= 4 is 16.5 Å². The molecule has 4 rings (SSSR count). The molecule has 8 nitrogen and oxygen atoms in total. The van der Waals surface area contributed by atoms with Gasteiger partial charge < -0.3 is 9.84 Å². The Balaban J connectivity index is 1.59. The van der Waals surface area contributed by atoms with Crippen LogP contribution in [-0.4, -0.2) is 32.5 Å². The number of nitro benzene ring substituents is 1. The molecule has 0 saturated carbocycles. The summed E-state index contributed by atoms with van der Waals surface area (Å²) < 4.78 is 6.70. The molecule has 156 valence electrons. The van der Waals surface area contributed by atoms with Crippen molar-refractivity contribution in [2.24, 2.45) is 0 Å². The van der Waals surface area contributed by atoms with Crippen LogP contribution in [0.3, 0.4) is 0 Å². The van der Waals surface area contributed by atoms with E-state index in [1.807, 2.05) is 42.5 Å². The van der Waals surface area contributed by atoms with E-state index in [-0.39, 0.29) is 30.1 Å². The fourth-order valence-electron chi connectivity index (χ4n) is 3.30. The Morgan fingerprint density at radius 3 is 2.45 bits per heavy atom. The summed E-state index contributed by atoms with van der Waals surface area (Å²) in [5.74, 6) is 0.261. The lowest BCUT2D eigenvalue weighted by Gasteiger charge is -2.15. The zero-order valence-electron chi connectivity index (χ0n) is 16.4. The van der Waals surface area contributed by atoms with Crippen molar-refractivity contribution in [3.05, 3.63) is 99.3 Å². The van der Waals surface area contributed by atoms with Crippen molar-refractivity contribution in [1.82, 2.24) is 9.78 Å². The SMILES string of the molecule is O=c1c2ccccc2c(-c2ccccc2)nn1CC(O)COc1cccc([N+](=O)[O-])c1. The average molecular weight is 417 g/mol. The van der Waals surface area contributed by atoms with Gasteiger partial charge in [0, 0.05) is 17.0 Å². The number of benzene rings is 3. The number of rotatable bonds is 7. The van der Waals surface area contributed by atoms with Crippen LogP contribution >= 0.6 is 0 Å². The number of hydrogen-bond acceptors (Lipinski definition) is 6. The molecule has 0 aliphatic heterocycles. The van der Waals surface area contributed by atoms with Crippen molar-refractivity contribution in [2.45, 2.75) is 12.6 Å². The van der Waals surface area contributed by atoms with Gasteiger partial charge in [0.25, 0.3) is 11.2 Å². The first-order valence-corrected chi connectivity index (χ1v) is 9.63. The Morgan fingerprint density at radius 2 is 1.71 bits per heavy atom. The van der Waals surface area contributed by atoms with Gasteiger partial charge in [0.2, 0.25) is 0 Å². The van der Waals surface area contributed by atoms with Crippen LogP contribution in [0.5, 0.6) is 5.75 Å². The number of fused-ring (bicyclic) bond motifs is 1. The molecule has 1 N–H and O–H groups in total. The van der Waals surface area contributed by atoms with Crippen LogP contribution in [0, 0.1) is 10.1 Å². The molecule has 0 spiro atoms. The lowest BCUT2D eigenvalue weighted by atomic mass is 10.1.